The topological polar surface area (TPSA) is 84.5 Å². The third-order valence-corrected chi connectivity index (χ3v) is 4.12. The molecule has 2 rings (SSSR count). The number of carbonyl (C=O) groups is 1. The molecule has 7 nitrogen and oxygen atoms in total. The van der Waals surface area contributed by atoms with Crippen molar-refractivity contribution in [2.75, 3.05) is 26.8 Å². The predicted octanol–water partition coefficient (Wildman–Crippen LogP) is 0.972. The molecule has 1 aromatic heterocycles. The number of amides is 1. The number of hydrogen-bond donors (Lipinski definition) is 1. The first-order valence-electron chi connectivity index (χ1n) is 8.23. The Labute approximate surface area is 142 Å². The van der Waals surface area contributed by atoms with Gasteiger partial charge in [-0.3, -0.25) is 9.59 Å². The lowest BCUT2D eigenvalue weighted by Gasteiger charge is -2.42. The Morgan fingerprint density at radius 1 is 1.46 bits per heavy atom. The summed E-state index contributed by atoms with van der Waals surface area (Å²) < 4.78 is 11.1. The molecule has 1 aliphatic heterocycles. The van der Waals surface area contributed by atoms with Crippen LogP contribution in [-0.4, -0.2) is 59.3 Å². The second-order valence-corrected chi connectivity index (χ2v) is 6.94. The number of H-pyrrole nitrogens is 1. The molecule has 0 saturated carbocycles. The van der Waals surface area contributed by atoms with E-state index in [1.807, 2.05) is 13.8 Å². The van der Waals surface area contributed by atoms with Crippen LogP contribution in [0.25, 0.3) is 0 Å². The van der Waals surface area contributed by atoms with Gasteiger partial charge < -0.3 is 19.4 Å². The highest BCUT2D eigenvalue weighted by Crippen LogP contribution is 2.22. The standard InChI is InChI=1S/C17H27N3O4/c1-11-14(16(22)19-12(2)18-11)6-7-15(21)20-8-13(9-23-5)24-17(3,4)10-20/h13H,6-10H2,1-5H3,(H,18,19,22)/t13-/m0/s1. The van der Waals surface area contributed by atoms with Gasteiger partial charge in [-0.25, -0.2) is 4.98 Å². The number of hydrogen-bond acceptors (Lipinski definition) is 5. The summed E-state index contributed by atoms with van der Waals surface area (Å²) in [5, 5.41) is 0. The molecule has 1 atom stereocenters. The lowest BCUT2D eigenvalue weighted by atomic mass is 10.0. The van der Waals surface area contributed by atoms with Crippen molar-refractivity contribution in [3.8, 4) is 0 Å². The number of ether oxygens (including phenoxy) is 2. The highest BCUT2D eigenvalue weighted by Gasteiger charge is 2.35. The van der Waals surface area contributed by atoms with E-state index < -0.39 is 5.60 Å². The number of methoxy groups -OCH3 is 1. The molecule has 1 aliphatic rings. The molecular formula is C17H27N3O4. The molecule has 1 saturated heterocycles. The maximum absolute atomic E-state index is 12.6. The van der Waals surface area contributed by atoms with Crippen molar-refractivity contribution >= 4 is 5.91 Å². The molecule has 2 heterocycles. The Balaban J connectivity index is 2.03. The van der Waals surface area contributed by atoms with Crippen molar-refractivity contribution in [1.29, 1.82) is 0 Å². The van der Waals surface area contributed by atoms with E-state index in [1.54, 1.807) is 25.9 Å². The smallest absolute Gasteiger partial charge is 0.254 e. The summed E-state index contributed by atoms with van der Waals surface area (Å²) >= 11 is 0. The molecule has 24 heavy (non-hydrogen) atoms. The van der Waals surface area contributed by atoms with Crippen LogP contribution in [0.5, 0.6) is 0 Å². The minimum atomic E-state index is -0.407. The average molecular weight is 337 g/mol. The fourth-order valence-electron chi connectivity index (χ4n) is 3.19. The normalized spacial score (nSPS) is 20.2. The predicted molar refractivity (Wildman–Crippen MR) is 90.1 cm³/mol. The van der Waals surface area contributed by atoms with E-state index in [0.29, 0.717) is 43.2 Å². The summed E-state index contributed by atoms with van der Waals surface area (Å²) in [5.74, 6) is 0.608. The third-order valence-electron chi connectivity index (χ3n) is 4.12. The molecule has 0 radical (unpaired) electrons. The van der Waals surface area contributed by atoms with Crippen molar-refractivity contribution in [2.45, 2.75) is 52.2 Å². The Bertz CT molecular complexity index is 654. The van der Waals surface area contributed by atoms with Crippen molar-refractivity contribution in [3.05, 3.63) is 27.4 Å². The van der Waals surface area contributed by atoms with E-state index >= 15 is 0 Å². The SMILES string of the molecule is COC[C@@H]1CN(C(=O)CCc2c(C)nc(C)[nH]c2=O)CC(C)(C)O1. The fourth-order valence-corrected chi connectivity index (χ4v) is 3.19. The molecular weight excluding hydrogens is 310 g/mol. The molecule has 0 unspecified atom stereocenters. The summed E-state index contributed by atoms with van der Waals surface area (Å²) in [7, 11) is 1.62. The van der Waals surface area contributed by atoms with E-state index in [1.165, 1.54) is 0 Å². The van der Waals surface area contributed by atoms with Crippen LogP contribution in [0.2, 0.25) is 0 Å². The number of nitrogens with one attached hydrogen (secondary N) is 1. The number of aromatic amines is 1. The zero-order valence-electron chi connectivity index (χ0n) is 15.1. The van der Waals surface area contributed by atoms with Crippen LogP contribution >= 0.6 is 0 Å². The van der Waals surface area contributed by atoms with Gasteiger partial charge in [-0.1, -0.05) is 0 Å². The average Bonchev–Trinajstić information content (AvgIpc) is 2.44. The highest BCUT2D eigenvalue weighted by molar-refractivity contribution is 5.76. The molecule has 0 bridgehead atoms. The lowest BCUT2D eigenvalue weighted by molar-refractivity contribution is -0.168. The Hall–Kier alpha value is -1.73. The maximum atomic E-state index is 12.6. The largest absolute Gasteiger partial charge is 0.382 e. The van der Waals surface area contributed by atoms with Crippen LogP contribution in [0.15, 0.2) is 4.79 Å². The van der Waals surface area contributed by atoms with Crippen LogP contribution in [-0.2, 0) is 20.7 Å². The molecule has 1 aromatic rings. The van der Waals surface area contributed by atoms with Gasteiger partial charge in [-0.15, -0.1) is 0 Å². The summed E-state index contributed by atoms with van der Waals surface area (Å²) in [6, 6.07) is 0. The van der Waals surface area contributed by atoms with Crippen LogP contribution in [0.1, 0.15) is 37.4 Å². The first-order chi connectivity index (χ1) is 11.2. The fraction of sp³-hybridized carbons (Fsp3) is 0.706. The second kappa shape index (κ2) is 7.44. The Morgan fingerprint density at radius 2 is 2.17 bits per heavy atom. The molecule has 0 aliphatic carbocycles. The molecule has 1 amide bonds. The molecule has 1 N–H and O–H groups in total. The van der Waals surface area contributed by atoms with Crippen LogP contribution in [0.4, 0.5) is 0 Å². The summed E-state index contributed by atoms with van der Waals surface area (Å²) in [5.41, 5.74) is 0.696. The van der Waals surface area contributed by atoms with Gasteiger partial charge in [-0.05, 0) is 34.1 Å². The van der Waals surface area contributed by atoms with Gasteiger partial charge in [0.05, 0.1) is 18.3 Å². The van der Waals surface area contributed by atoms with Crippen molar-refractivity contribution in [2.24, 2.45) is 0 Å². The Kier molecular flexibility index (Phi) is 5.77. The lowest BCUT2D eigenvalue weighted by Crippen LogP contribution is -2.55. The zero-order valence-corrected chi connectivity index (χ0v) is 15.1. The molecule has 7 heteroatoms. The molecule has 1 fully saturated rings. The van der Waals surface area contributed by atoms with Crippen LogP contribution in [0.3, 0.4) is 0 Å². The number of rotatable bonds is 5. The quantitative estimate of drug-likeness (QED) is 0.865. The summed E-state index contributed by atoms with van der Waals surface area (Å²) in [6.07, 6.45) is 0.540. The minimum absolute atomic E-state index is 0.0202. The van der Waals surface area contributed by atoms with Gasteiger partial charge in [0.2, 0.25) is 5.91 Å². The zero-order chi connectivity index (χ0) is 17.9. The van der Waals surface area contributed by atoms with E-state index in [-0.39, 0.29) is 24.0 Å². The molecule has 0 spiro atoms. The van der Waals surface area contributed by atoms with Gasteiger partial charge >= 0.3 is 0 Å². The molecule has 134 valence electrons. The van der Waals surface area contributed by atoms with E-state index in [9.17, 15) is 9.59 Å². The van der Waals surface area contributed by atoms with Crippen molar-refractivity contribution < 1.29 is 14.3 Å². The van der Waals surface area contributed by atoms with Gasteiger partial charge in [0, 0.05) is 37.9 Å². The van der Waals surface area contributed by atoms with Crippen molar-refractivity contribution in [1.82, 2.24) is 14.9 Å². The molecule has 0 aromatic carbocycles. The number of nitrogens with zero attached hydrogens (tertiary/aromatic N) is 2. The Morgan fingerprint density at radius 3 is 2.79 bits per heavy atom. The number of aryl methyl sites for hydroxylation is 2. The minimum Gasteiger partial charge on any atom is -0.382 e. The van der Waals surface area contributed by atoms with Gasteiger partial charge in [0.25, 0.3) is 5.56 Å². The van der Waals surface area contributed by atoms with E-state index in [2.05, 4.69) is 9.97 Å². The van der Waals surface area contributed by atoms with Crippen LogP contribution in [0, 0.1) is 13.8 Å². The maximum Gasteiger partial charge on any atom is 0.254 e. The highest BCUT2D eigenvalue weighted by atomic mass is 16.5. The summed E-state index contributed by atoms with van der Waals surface area (Å²) in [6.45, 7) is 8.98. The monoisotopic (exact) mass is 337 g/mol. The first kappa shape index (κ1) is 18.6. The number of aromatic nitrogens is 2. The van der Waals surface area contributed by atoms with Gasteiger partial charge in [0.15, 0.2) is 0 Å². The first-order valence-corrected chi connectivity index (χ1v) is 8.23. The van der Waals surface area contributed by atoms with E-state index in [4.69, 9.17) is 9.47 Å². The second-order valence-electron chi connectivity index (χ2n) is 6.94. The van der Waals surface area contributed by atoms with Crippen molar-refractivity contribution in [3.63, 3.8) is 0 Å². The van der Waals surface area contributed by atoms with E-state index in [0.717, 1.165) is 0 Å². The third kappa shape index (κ3) is 4.64. The number of morpholine rings is 1. The number of carbonyl (C=O) groups excluding carboxylic acids is 1. The summed E-state index contributed by atoms with van der Waals surface area (Å²) in [4.78, 5) is 33.4. The van der Waals surface area contributed by atoms with Gasteiger partial charge in [-0.2, -0.15) is 0 Å². The van der Waals surface area contributed by atoms with Crippen LogP contribution < -0.4 is 5.56 Å². The van der Waals surface area contributed by atoms with Gasteiger partial charge in [0.1, 0.15) is 5.82 Å².